The van der Waals surface area contributed by atoms with Crippen LogP contribution in [0.4, 0.5) is 5.69 Å². The number of benzene rings is 2. The molecule has 0 atom stereocenters. The molecular weight excluding hydrogens is 348 g/mol. The lowest BCUT2D eigenvalue weighted by Crippen LogP contribution is -2.14. The van der Waals surface area contributed by atoms with Crippen LogP contribution in [0.3, 0.4) is 0 Å². The Balaban J connectivity index is 1.56. The van der Waals surface area contributed by atoms with E-state index in [1.807, 2.05) is 47.1 Å². The fraction of sp³-hybridized carbons (Fsp3) is 0.261. The lowest BCUT2D eigenvalue weighted by molar-refractivity contribution is 0.102. The summed E-state index contributed by atoms with van der Waals surface area (Å²) in [6.45, 7) is 4.15. The molecule has 2 heterocycles. The molecule has 0 bridgehead atoms. The van der Waals surface area contributed by atoms with Gasteiger partial charge >= 0.3 is 0 Å². The summed E-state index contributed by atoms with van der Waals surface area (Å²) in [7, 11) is 0. The van der Waals surface area contributed by atoms with Gasteiger partial charge in [-0.25, -0.2) is 9.67 Å². The first kappa shape index (κ1) is 16.9. The Labute approximate surface area is 163 Å². The third kappa shape index (κ3) is 2.93. The van der Waals surface area contributed by atoms with E-state index in [1.54, 1.807) is 6.20 Å². The van der Waals surface area contributed by atoms with Crippen LogP contribution >= 0.6 is 0 Å². The molecule has 4 aromatic rings. The molecule has 1 aliphatic rings. The van der Waals surface area contributed by atoms with E-state index >= 15 is 0 Å². The van der Waals surface area contributed by atoms with E-state index in [0.29, 0.717) is 11.5 Å². The maximum absolute atomic E-state index is 13.2. The molecule has 140 valence electrons. The second kappa shape index (κ2) is 6.44. The normalized spacial score (nSPS) is 14.1. The Morgan fingerprint density at radius 2 is 1.89 bits per heavy atom. The van der Waals surface area contributed by atoms with Crippen molar-refractivity contribution in [2.45, 2.75) is 38.6 Å². The molecule has 1 N–H and O–H groups in total. The molecule has 0 radical (unpaired) electrons. The van der Waals surface area contributed by atoms with Gasteiger partial charge in [-0.15, -0.1) is 0 Å². The summed E-state index contributed by atoms with van der Waals surface area (Å²) < 4.78 is 1.90. The topological polar surface area (TPSA) is 59.8 Å². The number of rotatable bonds is 4. The molecule has 5 rings (SSSR count). The molecule has 5 nitrogen and oxygen atoms in total. The number of amides is 1. The molecule has 5 heteroatoms. The number of nitrogens with one attached hydrogen (secondary N) is 1. The zero-order chi connectivity index (χ0) is 19.3. The number of fused-ring (bicyclic) bond motifs is 2. The predicted octanol–water partition coefficient (Wildman–Crippen LogP) is 5.30. The van der Waals surface area contributed by atoms with E-state index in [1.165, 1.54) is 0 Å². The minimum Gasteiger partial charge on any atom is -0.322 e. The van der Waals surface area contributed by atoms with Crippen LogP contribution in [0.1, 0.15) is 54.7 Å². The van der Waals surface area contributed by atoms with Crippen molar-refractivity contribution < 1.29 is 4.79 Å². The average molecular weight is 370 g/mol. The van der Waals surface area contributed by atoms with E-state index in [0.717, 1.165) is 46.0 Å². The van der Waals surface area contributed by atoms with Crippen molar-refractivity contribution in [2.24, 2.45) is 0 Å². The van der Waals surface area contributed by atoms with Crippen LogP contribution in [0.5, 0.6) is 0 Å². The van der Waals surface area contributed by atoms with Gasteiger partial charge < -0.3 is 5.32 Å². The summed E-state index contributed by atoms with van der Waals surface area (Å²) in [5.74, 6) is 0.347. The molecule has 1 fully saturated rings. The maximum Gasteiger partial charge on any atom is 0.256 e. The van der Waals surface area contributed by atoms with Crippen LogP contribution in [0.25, 0.3) is 21.8 Å². The molecule has 2 aromatic heterocycles. The summed E-state index contributed by atoms with van der Waals surface area (Å²) in [6.07, 6.45) is 4.04. The highest BCUT2D eigenvalue weighted by atomic mass is 16.1. The number of nitrogens with zero attached hydrogens (tertiary/aromatic N) is 3. The fourth-order valence-electron chi connectivity index (χ4n) is 3.66. The Bertz CT molecular complexity index is 1200. The lowest BCUT2D eigenvalue weighted by atomic mass is 10.1. The van der Waals surface area contributed by atoms with Crippen molar-refractivity contribution in [3.05, 3.63) is 66.0 Å². The van der Waals surface area contributed by atoms with Crippen molar-refractivity contribution in [3.63, 3.8) is 0 Å². The van der Waals surface area contributed by atoms with Crippen molar-refractivity contribution in [3.8, 4) is 0 Å². The van der Waals surface area contributed by atoms with Gasteiger partial charge in [0.15, 0.2) is 5.65 Å². The molecule has 0 spiro atoms. The van der Waals surface area contributed by atoms with Crippen LogP contribution in [-0.4, -0.2) is 20.7 Å². The first-order valence-corrected chi connectivity index (χ1v) is 9.78. The van der Waals surface area contributed by atoms with Crippen molar-refractivity contribution >= 4 is 33.4 Å². The van der Waals surface area contributed by atoms with E-state index in [2.05, 4.69) is 30.3 Å². The zero-order valence-electron chi connectivity index (χ0n) is 16.0. The van der Waals surface area contributed by atoms with E-state index in [9.17, 15) is 4.79 Å². The second-order valence-electron chi connectivity index (χ2n) is 7.81. The van der Waals surface area contributed by atoms with Gasteiger partial charge in [-0.1, -0.05) is 30.3 Å². The number of hydrogen-bond donors (Lipinski definition) is 1. The van der Waals surface area contributed by atoms with Gasteiger partial charge in [0.2, 0.25) is 0 Å². The summed E-state index contributed by atoms with van der Waals surface area (Å²) in [6, 6.07) is 16.2. The second-order valence-corrected chi connectivity index (χ2v) is 7.81. The van der Waals surface area contributed by atoms with E-state index in [-0.39, 0.29) is 11.9 Å². The Morgan fingerprint density at radius 1 is 1.11 bits per heavy atom. The number of carbonyl (C=O) groups is 1. The Hall–Kier alpha value is -3.21. The molecule has 1 saturated carbocycles. The van der Waals surface area contributed by atoms with Crippen molar-refractivity contribution in [2.75, 3.05) is 5.32 Å². The molecule has 1 amide bonds. The van der Waals surface area contributed by atoms with Crippen LogP contribution in [0.15, 0.2) is 54.7 Å². The summed E-state index contributed by atoms with van der Waals surface area (Å²) in [5, 5.41) is 10.6. The minimum absolute atomic E-state index is 0.118. The third-order valence-electron chi connectivity index (χ3n) is 5.32. The Morgan fingerprint density at radius 3 is 2.64 bits per heavy atom. The van der Waals surface area contributed by atoms with E-state index in [4.69, 9.17) is 4.98 Å². The first-order chi connectivity index (χ1) is 13.6. The number of hydrogen-bond acceptors (Lipinski definition) is 3. The number of aromatic nitrogens is 3. The van der Waals surface area contributed by atoms with E-state index < -0.39 is 0 Å². The monoisotopic (exact) mass is 370 g/mol. The van der Waals surface area contributed by atoms with Gasteiger partial charge in [0.1, 0.15) is 0 Å². The highest BCUT2D eigenvalue weighted by molar-refractivity contribution is 6.12. The lowest BCUT2D eigenvalue weighted by Gasteiger charge is -2.11. The Kier molecular flexibility index (Phi) is 3.90. The molecule has 28 heavy (non-hydrogen) atoms. The quantitative estimate of drug-likeness (QED) is 0.531. The fourth-order valence-corrected chi connectivity index (χ4v) is 3.66. The van der Waals surface area contributed by atoms with Crippen LogP contribution in [0.2, 0.25) is 0 Å². The molecule has 2 aromatic carbocycles. The van der Waals surface area contributed by atoms with Gasteiger partial charge in [-0.3, -0.25) is 4.79 Å². The van der Waals surface area contributed by atoms with Gasteiger partial charge in [-0.05, 0) is 55.7 Å². The summed E-state index contributed by atoms with van der Waals surface area (Å²) in [4.78, 5) is 18.0. The SMILES string of the molecule is CC(C)n1ncc2c(C(=O)Nc3ccc4ccccc4c3)cc(C3CC3)nc21. The van der Waals surface area contributed by atoms with Gasteiger partial charge in [0.05, 0.1) is 17.1 Å². The summed E-state index contributed by atoms with van der Waals surface area (Å²) >= 11 is 0. The smallest absolute Gasteiger partial charge is 0.256 e. The summed E-state index contributed by atoms with van der Waals surface area (Å²) in [5.41, 5.74) is 3.23. The number of carbonyl (C=O) groups excluding carboxylic acids is 1. The number of anilines is 1. The minimum atomic E-state index is -0.118. The predicted molar refractivity (Wildman–Crippen MR) is 112 cm³/mol. The zero-order valence-corrected chi connectivity index (χ0v) is 16.0. The largest absolute Gasteiger partial charge is 0.322 e. The highest BCUT2D eigenvalue weighted by Gasteiger charge is 2.28. The molecule has 1 aliphatic carbocycles. The standard InChI is InChI=1S/C23H22N4O/c1-14(2)27-22-20(13-24-27)19(12-21(26-22)16-7-8-16)23(28)25-18-10-9-15-5-3-4-6-17(15)11-18/h3-6,9-14,16H,7-8H2,1-2H3,(H,25,28). The van der Waals surface area contributed by atoms with Crippen LogP contribution < -0.4 is 5.32 Å². The maximum atomic E-state index is 13.2. The highest BCUT2D eigenvalue weighted by Crippen LogP contribution is 2.40. The van der Waals surface area contributed by atoms with Gasteiger partial charge in [0, 0.05) is 23.3 Å². The molecule has 0 unspecified atom stereocenters. The molecule has 0 saturated heterocycles. The van der Waals surface area contributed by atoms with Gasteiger partial charge in [-0.2, -0.15) is 5.10 Å². The van der Waals surface area contributed by atoms with Crippen molar-refractivity contribution in [1.29, 1.82) is 0 Å². The third-order valence-corrected chi connectivity index (χ3v) is 5.32. The average Bonchev–Trinajstić information content (AvgIpc) is 3.45. The van der Waals surface area contributed by atoms with Gasteiger partial charge in [0.25, 0.3) is 5.91 Å². The van der Waals surface area contributed by atoms with Crippen LogP contribution in [-0.2, 0) is 0 Å². The first-order valence-electron chi connectivity index (χ1n) is 9.78. The van der Waals surface area contributed by atoms with Crippen molar-refractivity contribution in [1.82, 2.24) is 14.8 Å². The number of pyridine rings is 1. The molecular formula is C23H22N4O. The van der Waals surface area contributed by atoms with Crippen LogP contribution in [0, 0.1) is 0 Å². The molecule has 0 aliphatic heterocycles.